The molecule has 0 atom stereocenters. The summed E-state index contributed by atoms with van der Waals surface area (Å²) in [5, 5.41) is 0. The molecule has 0 heterocycles. The topological polar surface area (TPSA) is 52.6 Å². The van der Waals surface area contributed by atoms with Crippen molar-refractivity contribution in [3.8, 4) is 24.7 Å². The van der Waals surface area contributed by atoms with Crippen molar-refractivity contribution in [3.05, 3.63) is 35.4 Å². The molecular formula is C18H18O4. The number of carbonyl (C=O) groups is 2. The molecule has 0 radical (unpaired) electrons. The molecule has 0 fully saturated rings. The van der Waals surface area contributed by atoms with Crippen LogP contribution in [0.15, 0.2) is 24.3 Å². The van der Waals surface area contributed by atoms with E-state index in [1.54, 1.807) is 12.1 Å². The first kappa shape index (κ1) is 17.3. The summed E-state index contributed by atoms with van der Waals surface area (Å²) in [7, 11) is 0. The predicted molar refractivity (Wildman–Crippen MR) is 83.1 cm³/mol. The van der Waals surface area contributed by atoms with E-state index in [0.29, 0.717) is 25.7 Å². The fourth-order valence-corrected chi connectivity index (χ4v) is 1.67. The molecule has 0 bridgehead atoms. The van der Waals surface area contributed by atoms with Crippen molar-refractivity contribution >= 4 is 11.9 Å². The molecule has 0 aliphatic heterocycles. The third kappa shape index (κ3) is 5.73. The number of unbranched alkanes of at least 4 members (excludes halogenated alkanes) is 2. The molecular weight excluding hydrogens is 280 g/mol. The van der Waals surface area contributed by atoms with E-state index < -0.39 is 11.9 Å². The van der Waals surface area contributed by atoms with Crippen LogP contribution in [0.25, 0.3) is 0 Å². The molecule has 0 amide bonds. The molecule has 0 spiro atoms. The third-order valence-electron chi connectivity index (χ3n) is 2.76. The lowest BCUT2D eigenvalue weighted by Crippen LogP contribution is -2.15. The van der Waals surface area contributed by atoms with Crippen LogP contribution in [0.1, 0.15) is 46.4 Å². The molecule has 0 saturated heterocycles. The number of ether oxygens (including phenoxy) is 2. The van der Waals surface area contributed by atoms with Crippen molar-refractivity contribution in [1.29, 1.82) is 0 Å². The second-order valence-corrected chi connectivity index (χ2v) is 4.43. The van der Waals surface area contributed by atoms with Crippen LogP contribution < -0.4 is 0 Å². The number of benzene rings is 1. The Balaban J connectivity index is 2.64. The highest BCUT2D eigenvalue weighted by atomic mass is 16.5. The lowest BCUT2D eigenvalue weighted by atomic mass is 10.1. The first-order valence-corrected chi connectivity index (χ1v) is 7.01. The van der Waals surface area contributed by atoms with Gasteiger partial charge in [-0.15, -0.1) is 24.7 Å². The van der Waals surface area contributed by atoms with Gasteiger partial charge in [0.15, 0.2) is 0 Å². The van der Waals surface area contributed by atoms with Crippen LogP contribution in [-0.2, 0) is 9.47 Å². The van der Waals surface area contributed by atoms with Crippen molar-refractivity contribution in [2.75, 3.05) is 13.2 Å². The highest BCUT2D eigenvalue weighted by molar-refractivity contribution is 6.03. The number of esters is 2. The maximum Gasteiger partial charge on any atom is 0.339 e. The zero-order valence-corrected chi connectivity index (χ0v) is 12.3. The second kappa shape index (κ2) is 10.1. The van der Waals surface area contributed by atoms with Crippen molar-refractivity contribution in [1.82, 2.24) is 0 Å². The van der Waals surface area contributed by atoms with E-state index in [4.69, 9.17) is 22.3 Å². The van der Waals surface area contributed by atoms with E-state index in [2.05, 4.69) is 11.8 Å². The van der Waals surface area contributed by atoms with Crippen molar-refractivity contribution in [3.63, 3.8) is 0 Å². The van der Waals surface area contributed by atoms with Crippen molar-refractivity contribution in [2.24, 2.45) is 0 Å². The lowest BCUT2D eigenvalue weighted by molar-refractivity contribution is 0.0454. The summed E-state index contributed by atoms with van der Waals surface area (Å²) >= 11 is 0. The molecule has 0 aromatic heterocycles. The maximum atomic E-state index is 12.0. The van der Waals surface area contributed by atoms with Crippen LogP contribution in [0.4, 0.5) is 0 Å². The van der Waals surface area contributed by atoms with E-state index in [1.807, 2.05) is 0 Å². The Morgan fingerprint density at radius 3 is 1.64 bits per heavy atom. The summed E-state index contributed by atoms with van der Waals surface area (Å²) in [6, 6.07) is 6.38. The van der Waals surface area contributed by atoms with Crippen LogP contribution >= 0.6 is 0 Å². The quantitative estimate of drug-likeness (QED) is 0.421. The summed E-state index contributed by atoms with van der Waals surface area (Å²) in [6.45, 7) is 0.434. The molecule has 22 heavy (non-hydrogen) atoms. The second-order valence-electron chi connectivity index (χ2n) is 4.43. The van der Waals surface area contributed by atoms with Gasteiger partial charge in [-0.25, -0.2) is 9.59 Å². The molecule has 0 N–H and O–H groups in total. The zero-order chi connectivity index (χ0) is 16.2. The average molecular weight is 298 g/mol. The fourth-order valence-electron chi connectivity index (χ4n) is 1.67. The number of hydrogen-bond donors (Lipinski definition) is 0. The lowest BCUT2D eigenvalue weighted by Gasteiger charge is -2.09. The van der Waals surface area contributed by atoms with E-state index >= 15 is 0 Å². The Morgan fingerprint density at radius 1 is 0.864 bits per heavy atom. The van der Waals surface area contributed by atoms with Crippen LogP contribution in [0.3, 0.4) is 0 Å². The summed E-state index contributed by atoms with van der Waals surface area (Å²) in [5.41, 5.74) is 0.371. The number of rotatable bonds is 8. The molecule has 1 aromatic carbocycles. The standard InChI is InChI=1S/C18H18O4/c1-3-5-9-13-21-17(19)15-11-7-8-12-16(15)18(20)22-14-10-6-4-2/h1-2,7-8,11-12H,5-6,9-10,13-14H2. The third-order valence-corrected chi connectivity index (χ3v) is 2.76. The average Bonchev–Trinajstić information content (AvgIpc) is 2.55. The summed E-state index contributed by atoms with van der Waals surface area (Å²) in [4.78, 5) is 24.0. The van der Waals surface area contributed by atoms with Gasteiger partial charge < -0.3 is 9.47 Å². The molecule has 1 aromatic rings. The summed E-state index contributed by atoms with van der Waals surface area (Å²) in [5.74, 6) is 3.81. The minimum Gasteiger partial charge on any atom is -0.462 e. The van der Waals surface area contributed by atoms with Gasteiger partial charge in [0, 0.05) is 12.8 Å². The molecule has 114 valence electrons. The van der Waals surface area contributed by atoms with Gasteiger partial charge in [-0.3, -0.25) is 0 Å². The Kier molecular flexibility index (Phi) is 7.93. The van der Waals surface area contributed by atoms with Gasteiger partial charge in [0.2, 0.25) is 0 Å². The Bertz CT molecular complexity index is 537. The molecule has 0 aliphatic rings. The first-order valence-electron chi connectivity index (χ1n) is 7.01. The minimum absolute atomic E-state index is 0.185. The van der Waals surface area contributed by atoms with Crippen molar-refractivity contribution < 1.29 is 19.1 Å². The van der Waals surface area contributed by atoms with Gasteiger partial charge in [0.25, 0.3) is 0 Å². The van der Waals surface area contributed by atoms with E-state index in [0.717, 1.165) is 0 Å². The molecule has 1 rings (SSSR count). The normalized spacial score (nSPS) is 9.36. The monoisotopic (exact) mass is 298 g/mol. The van der Waals surface area contributed by atoms with Crippen LogP contribution in [0.2, 0.25) is 0 Å². The fraction of sp³-hybridized carbons (Fsp3) is 0.333. The Labute approximate surface area is 130 Å². The van der Waals surface area contributed by atoms with Crippen LogP contribution in [-0.4, -0.2) is 25.2 Å². The number of terminal acetylenes is 2. The highest BCUT2D eigenvalue weighted by Crippen LogP contribution is 2.12. The van der Waals surface area contributed by atoms with Gasteiger partial charge in [-0.2, -0.15) is 0 Å². The molecule has 4 nitrogen and oxygen atoms in total. The van der Waals surface area contributed by atoms with Gasteiger partial charge in [-0.1, -0.05) is 12.1 Å². The smallest absolute Gasteiger partial charge is 0.339 e. The van der Waals surface area contributed by atoms with Crippen LogP contribution in [0.5, 0.6) is 0 Å². The van der Waals surface area contributed by atoms with Crippen LogP contribution in [0, 0.1) is 24.7 Å². The molecule has 0 saturated carbocycles. The first-order chi connectivity index (χ1) is 10.7. The zero-order valence-electron chi connectivity index (χ0n) is 12.3. The molecule has 4 heteroatoms. The van der Waals surface area contributed by atoms with Gasteiger partial charge in [0.1, 0.15) is 0 Å². The Hall–Kier alpha value is -2.72. The van der Waals surface area contributed by atoms with Crippen molar-refractivity contribution in [2.45, 2.75) is 25.7 Å². The largest absolute Gasteiger partial charge is 0.462 e. The van der Waals surface area contributed by atoms with Gasteiger partial charge in [-0.05, 0) is 25.0 Å². The summed E-state index contributed by atoms with van der Waals surface area (Å²) < 4.78 is 10.2. The molecule has 0 unspecified atom stereocenters. The summed E-state index contributed by atoms with van der Waals surface area (Å²) in [6.07, 6.45) is 12.5. The minimum atomic E-state index is -0.562. The van der Waals surface area contributed by atoms with E-state index in [9.17, 15) is 9.59 Å². The van der Waals surface area contributed by atoms with E-state index in [1.165, 1.54) is 12.1 Å². The maximum absolute atomic E-state index is 12.0. The number of hydrogen-bond acceptors (Lipinski definition) is 4. The highest BCUT2D eigenvalue weighted by Gasteiger charge is 2.18. The van der Waals surface area contributed by atoms with Gasteiger partial charge in [0.05, 0.1) is 24.3 Å². The molecule has 0 aliphatic carbocycles. The SMILES string of the molecule is C#CCCCOC(=O)c1ccccc1C(=O)OCCCC#C. The van der Waals surface area contributed by atoms with Gasteiger partial charge >= 0.3 is 11.9 Å². The Morgan fingerprint density at radius 2 is 1.27 bits per heavy atom. The van der Waals surface area contributed by atoms with E-state index in [-0.39, 0.29) is 24.3 Å². The predicted octanol–water partition coefficient (Wildman–Crippen LogP) is 2.83. The number of carbonyl (C=O) groups excluding carboxylic acids is 2.